The summed E-state index contributed by atoms with van der Waals surface area (Å²) in [4.78, 5) is 10.7. The molecule has 0 radical (unpaired) electrons. The van der Waals surface area contributed by atoms with Gasteiger partial charge in [-0.25, -0.2) is 17.7 Å². The average molecular weight is 454 g/mol. The SMILES string of the molecule is CC(=O)Oc1c(C(Br)CCNS(=O)O)oc(-c2cc(F)cc(F)c2)c1O. The highest BCUT2D eigenvalue weighted by atomic mass is 79.9. The van der Waals surface area contributed by atoms with Crippen LogP contribution in [-0.2, 0) is 16.1 Å². The van der Waals surface area contributed by atoms with Gasteiger partial charge in [-0.2, -0.15) is 0 Å². The Morgan fingerprint density at radius 1 is 1.38 bits per heavy atom. The molecule has 2 aromatic rings. The van der Waals surface area contributed by atoms with E-state index in [1.807, 2.05) is 0 Å². The van der Waals surface area contributed by atoms with Crippen LogP contribution in [-0.4, -0.2) is 26.4 Å². The number of hydrogen-bond donors (Lipinski definition) is 3. The van der Waals surface area contributed by atoms with E-state index in [-0.39, 0.29) is 35.8 Å². The van der Waals surface area contributed by atoms with E-state index in [9.17, 15) is 22.9 Å². The van der Waals surface area contributed by atoms with Crippen molar-refractivity contribution in [1.82, 2.24) is 4.72 Å². The first-order valence-electron chi connectivity index (χ1n) is 7.18. The molecule has 1 aromatic heterocycles. The van der Waals surface area contributed by atoms with Crippen LogP contribution in [0.25, 0.3) is 11.3 Å². The molecule has 142 valence electrons. The van der Waals surface area contributed by atoms with Crippen molar-refractivity contribution in [3.63, 3.8) is 0 Å². The summed E-state index contributed by atoms with van der Waals surface area (Å²) in [6, 6.07) is 2.55. The summed E-state index contributed by atoms with van der Waals surface area (Å²) in [7, 11) is 0. The molecule has 0 saturated carbocycles. The van der Waals surface area contributed by atoms with Crippen molar-refractivity contribution < 1.29 is 36.6 Å². The van der Waals surface area contributed by atoms with Crippen molar-refractivity contribution in [3.05, 3.63) is 35.6 Å². The third-order valence-corrected chi connectivity index (χ3v) is 4.47. The van der Waals surface area contributed by atoms with Gasteiger partial charge in [0.05, 0.1) is 4.83 Å². The lowest BCUT2D eigenvalue weighted by Gasteiger charge is -2.08. The number of alkyl halides is 1. The van der Waals surface area contributed by atoms with Gasteiger partial charge in [-0.15, -0.1) is 0 Å². The van der Waals surface area contributed by atoms with Gasteiger partial charge in [0.25, 0.3) is 0 Å². The van der Waals surface area contributed by atoms with Crippen molar-refractivity contribution in [3.8, 4) is 22.8 Å². The Morgan fingerprint density at radius 3 is 2.54 bits per heavy atom. The molecular weight excluding hydrogens is 440 g/mol. The van der Waals surface area contributed by atoms with Crippen LogP contribution in [0.4, 0.5) is 8.78 Å². The second kappa shape index (κ2) is 8.71. The standard InChI is InChI=1S/C15H14BrF2NO6S/c1-7(20)24-15-12(21)13(8-4-9(17)6-10(18)5-8)25-14(15)11(16)2-3-19-26(22)23/h4-6,11,19,21H,2-3H2,1H3,(H,22,23). The zero-order chi connectivity index (χ0) is 19.4. The molecule has 0 amide bonds. The molecule has 3 N–H and O–H groups in total. The molecular formula is C15H14BrF2NO6S. The molecule has 0 aliphatic rings. The monoisotopic (exact) mass is 453 g/mol. The van der Waals surface area contributed by atoms with Crippen molar-refractivity contribution in [2.75, 3.05) is 6.54 Å². The number of hydrogen-bond acceptors (Lipinski definition) is 5. The van der Waals surface area contributed by atoms with Gasteiger partial charge in [0.1, 0.15) is 11.6 Å². The lowest BCUT2D eigenvalue weighted by atomic mass is 10.1. The van der Waals surface area contributed by atoms with E-state index in [0.29, 0.717) is 6.07 Å². The quantitative estimate of drug-likeness (QED) is 0.336. The summed E-state index contributed by atoms with van der Waals surface area (Å²) in [5.74, 6) is -3.69. The average Bonchev–Trinajstić information content (AvgIpc) is 2.82. The van der Waals surface area contributed by atoms with Crippen LogP contribution >= 0.6 is 15.9 Å². The van der Waals surface area contributed by atoms with Crippen molar-refractivity contribution in [2.24, 2.45) is 0 Å². The number of ether oxygens (including phenoxy) is 1. The molecule has 26 heavy (non-hydrogen) atoms. The van der Waals surface area contributed by atoms with E-state index in [4.69, 9.17) is 13.7 Å². The second-order valence-electron chi connectivity index (χ2n) is 5.12. The van der Waals surface area contributed by atoms with E-state index in [1.54, 1.807) is 0 Å². The first kappa shape index (κ1) is 20.5. The molecule has 0 aliphatic carbocycles. The number of halogens is 3. The number of carbonyl (C=O) groups is 1. The van der Waals surface area contributed by atoms with E-state index < -0.39 is 39.4 Å². The van der Waals surface area contributed by atoms with Gasteiger partial charge in [-0.05, 0) is 18.6 Å². The Kier molecular flexibility index (Phi) is 6.87. The Morgan fingerprint density at radius 2 is 2.00 bits per heavy atom. The third kappa shape index (κ3) is 5.10. The van der Waals surface area contributed by atoms with Crippen molar-refractivity contribution in [1.29, 1.82) is 0 Å². The van der Waals surface area contributed by atoms with E-state index in [1.165, 1.54) is 0 Å². The number of benzene rings is 1. The van der Waals surface area contributed by atoms with Crippen LogP contribution in [0.1, 0.15) is 23.9 Å². The molecule has 0 fully saturated rings. The maximum absolute atomic E-state index is 13.4. The third-order valence-electron chi connectivity index (χ3n) is 3.14. The summed E-state index contributed by atoms with van der Waals surface area (Å²) in [6.07, 6.45) is 0.213. The van der Waals surface area contributed by atoms with Crippen LogP contribution in [0.15, 0.2) is 22.6 Å². The van der Waals surface area contributed by atoms with Gasteiger partial charge < -0.3 is 14.3 Å². The van der Waals surface area contributed by atoms with Crippen molar-refractivity contribution in [2.45, 2.75) is 18.2 Å². The van der Waals surface area contributed by atoms with Crippen LogP contribution in [0.5, 0.6) is 11.5 Å². The first-order chi connectivity index (χ1) is 12.2. The zero-order valence-corrected chi connectivity index (χ0v) is 15.7. The fraction of sp³-hybridized carbons (Fsp3) is 0.267. The fourth-order valence-electron chi connectivity index (χ4n) is 2.16. The second-order valence-corrected chi connectivity index (χ2v) is 7.02. The number of esters is 1. The highest BCUT2D eigenvalue weighted by Crippen LogP contribution is 2.48. The first-order valence-corrected chi connectivity index (χ1v) is 9.20. The number of carbonyl (C=O) groups excluding carboxylic acids is 1. The molecule has 7 nitrogen and oxygen atoms in total. The van der Waals surface area contributed by atoms with Gasteiger partial charge in [-0.1, -0.05) is 15.9 Å². The lowest BCUT2D eigenvalue weighted by molar-refractivity contribution is -0.132. The smallest absolute Gasteiger partial charge is 0.308 e. The molecule has 0 bridgehead atoms. The molecule has 0 aliphatic heterocycles. The van der Waals surface area contributed by atoms with Gasteiger partial charge in [0.15, 0.2) is 11.5 Å². The predicted octanol–water partition coefficient (Wildman–Crippen LogP) is 3.41. The van der Waals surface area contributed by atoms with E-state index in [2.05, 4.69) is 20.7 Å². The molecule has 0 spiro atoms. The molecule has 1 aromatic carbocycles. The normalized spacial score (nSPS) is 13.4. The highest BCUT2D eigenvalue weighted by molar-refractivity contribution is 9.09. The predicted molar refractivity (Wildman–Crippen MR) is 92.1 cm³/mol. The summed E-state index contributed by atoms with van der Waals surface area (Å²) in [5.41, 5.74) is -0.0889. The van der Waals surface area contributed by atoms with Gasteiger partial charge in [0.2, 0.25) is 22.8 Å². The van der Waals surface area contributed by atoms with E-state index in [0.717, 1.165) is 19.1 Å². The zero-order valence-electron chi connectivity index (χ0n) is 13.3. The molecule has 2 unspecified atom stereocenters. The maximum Gasteiger partial charge on any atom is 0.308 e. The number of aromatic hydroxyl groups is 1. The molecule has 2 atom stereocenters. The molecule has 2 rings (SSSR count). The van der Waals surface area contributed by atoms with Crippen LogP contribution in [0, 0.1) is 11.6 Å². The van der Waals surface area contributed by atoms with Crippen LogP contribution in [0.2, 0.25) is 0 Å². The van der Waals surface area contributed by atoms with Gasteiger partial charge >= 0.3 is 5.97 Å². The van der Waals surface area contributed by atoms with E-state index >= 15 is 0 Å². The minimum Gasteiger partial charge on any atom is -0.502 e. The minimum atomic E-state index is -2.21. The van der Waals surface area contributed by atoms with Crippen LogP contribution < -0.4 is 9.46 Å². The fourth-order valence-corrected chi connectivity index (χ4v) is 2.98. The lowest BCUT2D eigenvalue weighted by Crippen LogP contribution is -2.18. The maximum atomic E-state index is 13.4. The highest BCUT2D eigenvalue weighted by Gasteiger charge is 2.28. The summed E-state index contributed by atoms with van der Waals surface area (Å²) in [6.45, 7) is 1.20. The summed E-state index contributed by atoms with van der Waals surface area (Å²) in [5, 5.41) is 10.3. The summed E-state index contributed by atoms with van der Waals surface area (Å²) >= 11 is 1.05. The molecule has 11 heteroatoms. The van der Waals surface area contributed by atoms with Crippen molar-refractivity contribution >= 4 is 33.2 Å². The topological polar surface area (TPSA) is 109 Å². The minimum absolute atomic E-state index is 0.0112. The Bertz CT molecular complexity index is 824. The Labute approximate surface area is 157 Å². The van der Waals surface area contributed by atoms with Gasteiger partial charge in [-0.3, -0.25) is 9.35 Å². The molecule has 0 saturated heterocycles. The Balaban J connectivity index is 2.43. The number of furan rings is 1. The van der Waals surface area contributed by atoms with Crippen LogP contribution in [0.3, 0.4) is 0 Å². The summed E-state index contributed by atoms with van der Waals surface area (Å²) < 4.78 is 58.9. The largest absolute Gasteiger partial charge is 0.502 e. The number of rotatable bonds is 7. The van der Waals surface area contributed by atoms with Gasteiger partial charge in [0, 0.05) is 25.1 Å². The number of nitrogens with one attached hydrogen (secondary N) is 1. The Hall–Kier alpha value is -1.82. The molecule has 1 heterocycles.